The molecule has 0 heterocycles. The molecule has 1 aromatic carbocycles. The third-order valence-electron chi connectivity index (χ3n) is 6.18. The van der Waals surface area contributed by atoms with Crippen molar-refractivity contribution in [2.45, 2.75) is 103 Å². The van der Waals surface area contributed by atoms with Gasteiger partial charge in [0.15, 0.2) is 12.4 Å². The van der Waals surface area contributed by atoms with Crippen LogP contribution in [0.25, 0.3) is 0 Å². The van der Waals surface area contributed by atoms with Gasteiger partial charge in [0.05, 0.1) is 0 Å². The zero-order chi connectivity index (χ0) is 20.6. The van der Waals surface area contributed by atoms with Gasteiger partial charge >= 0.3 is 5.97 Å². The minimum absolute atomic E-state index is 0.141. The number of ketones is 1. The van der Waals surface area contributed by atoms with Crippen LogP contribution in [0.3, 0.4) is 0 Å². The van der Waals surface area contributed by atoms with E-state index in [0.29, 0.717) is 12.0 Å². The Hall–Kier alpha value is -1.64. The second kappa shape index (κ2) is 15.2. The number of carbonyl (C=O) groups excluding carboxylic acids is 2. The van der Waals surface area contributed by atoms with E-state index in [1.807, 2.05) is 18.2 Å². The second-order valence-electron chi connectivity index (χ2n) is 8.67. The molecule has 1 fully saturated rings. The molecule has 0 bridgehead atoms. The number of benzene rings is 1. The molecule has 0 atom stereocenters. The van der Waals surface area contributed by atoms with Crippen LogP contribution in [0.2, 0.25) is 0 Å². The maximum atomic E-state index is 11.9. The summed E-state index contributed by atoms with van der Waals surface area (Å²) in [5.74, 6) is 0.617. The van der Waals surface area contributed by atoms with Crippen LogP contribution in [0, 0.1) is 5.92 Å². The highest BCUT2D eigenvalue weighted by atomic mass is 16.5. The molecule has 1 aromatic rings. The molecule has 1 aliphatic carbocycles. The number of rotatable bonds is 14. The monoisotopic (exact) mass is 400 g/mol. The van der Waals surface area contributed by atoms with Crippen LogP contribution in [0.1, 0.15) is 113 Å². The lowest BCUT2D eigenvalue weighted by atomic mass is 9.93. The fourth-order valence-corrected chi connectivity index (χ4v) is 4.34. The SMILES string of the molecule is O=C(CCCCCCCCCCC1CCCCCC1)OCC(=O)c1ccccc1. The van der Waals surface area contributed by atoms with Crippen molar-refractivity contribution >= 4 is 11.8 Å². The van der Waals surface area contributed by atoms with E-state index in [9.17, 15) is 9.59 Å². The van der Waals surface area contributed by atoms with Crippen molar-refractivity contribution in [1.82, 2.24) is 0 Å². The van der Waals surface area contributed by atoms with Crippen LogP contribution >= 0.6 is 0 Å². The Morgan fingerprint density at radius 3 is 2.00 bits per heavy atom. The Kier molecular flexibility index (Phi) is 12.4. The molecule has 0 aliphatic heterocycles. The Morgan fingerprint density at radius 2 is 1.34 bits per heavy atom. The average Bonchev–Trinajstić information content (AvgIpc) is 3.03. The first-order valence-electron chi connectivity index (χ1n) is 12.0. The summed E-state index contributed by atoms with van der Waals surface area (Å²) in [5.41, 5.74) is 0.592. The molecule has 1 aliphatic rings. The molecule has 29 heavy (non-hydrogen) atoms. The zero-order valence-electron chi connectivity index (χ0n) is 18.2. The van der Waals surface area contributed by atoms with E-state index in [2.05, 4.69) is 0 Å². The minimum Gasteiger partial charge on any atom is -0.457 e. The quantitative estimate of drug-likeness (QED) is 0.143. The Bertz CT molecular complexity index is 559. The predicted octanol–water partition coefficient (Wildman–Crippen LogP) is 7.28. The van der Waals surface area contributed by atoms with Gasteiger partial charge < -0.3 is 4.74 Å². The minimum atomic E-state index is -0.257. The molecule has 3 heteroatoms. The van der Waals surface area contributed by atoms with Crippen LogP contribution < -0.4 is 0 Å². The van der Waals surface area contributed by atoms with Gasteiger partial charge in [0.2, 0.25) is 0 Å². The van der Waals surface area contributed by atoms with Gasteiger partial charge in [-0.1, -0.05) is 120 Å². The van der Waals surface area contributed by atoms with E-state index in [0.717, 1.165) is 18.8 Å². The van der Waals surface area contributed by atoms with Crippen LogP contribution in [-0.4, -0.2) is 18.4 Å². The third-order valence-corrected chi connectivity index (χ3v) is 6.18. The molecular weight excluding hydrogens is 360 g/mol. The van der Waals surface area contributed by atoms with Crippen molar-refractivity contribution in [3.05, 3.63) is 35.9 Å². The van der Waals surface area contributed by atoms with Crippen molar-refractivity contribution in [2.75, 3.05) is 6.61 Å². The number of carbonyl (C=O) groups is 2. The molecule has 0 saturated heterocycles. The molecule has 1 saturated carbocycles. The Labute approximate surface area is 177 Å². The molecule has 2 rings (SSSR count). The summed E-state index contributed by atoms with van der Waals surface area (Å²) in [5, 5.41) is 0. The summed E-state index contributed by atoms with van der Waals surface area (Å²) in [6.45, 7) is -0.149. The highest BCUT2D eigenvalue weighted by Gasteiger charge is 2.11. The number of ether oxygens (including phenoxy) is 1. The van der Waals surface area contributed by atoms with E-state index in [1.165, 1.54) is 83.5 Å². The summed E-state index contributed by atoms with van der Waals surface area (Å²) < 4.78 is 5.10. The number of hydrogen-bond acceptors (Lipinski definition) is 3. The topological polar surface area (TPSA) is 43.4 Å². The molecular formula is C26H40O3. The third kappa shape index (κ3) is 11.2. The zero-order valence-corrected chi connectivity index (χ0v) is 18.2. The smallest absolute Gasteiger partial charge is 0.306 e. The van der Waals surface area contributed by atoms with Crippen LogP contribution in [0.15, 0.2) is 30.3 Å². The van der Waals surface area contributed by atoms with Crippen molar-refractivity contribution in [2.24, 2.45) is 5.92 Å². The summed E-state index contributed by atoms with van der Waals surface area (Å²) in [4.78, 5) is 23.7. The van der Waals surface area contributed by atoms with Gasteiger partial charge in [-0.05, 0) is 12.3 Å². The number of unbranched alkanes of at least 4 members (excludes halogenated alkanes) is 7. The Balaban J connectivity index is 1.36. The lowest BCUT2D eigenvalue weighted by Crippen LogP contribution is -2.13. The van der Waals surface area contributed by atoms with Crippen LogP contribution in [-0.2, 0) is 9.53 Å². The second-order valence-corrected chi connectivity index (χ2v) is 8.67. The lowest BCUT2D eigenvalue weighted by Gasteiger charge is -2.13. The average molecular weight is 401 g/mol. The molecule has 0 radical (unpaired) electrons. The van der Waals surface area contributed by atoms with E-state index in [1.54, 1.807) is 12.1 Å². The van der Waals surface area contributed by atoms with E-state index in [-0.39, 0.29) is 18.4 Å². The van der Waals surface area contributed by atoms with Gasteiger partial charge in [-0.15, -0.1) is 0 Å². The molecule has 162 valence electrons. The van der Waals surface area contributed by atoms with Crippen molar-refractivity contribution in [3.8, 4) is 0 Å². The highest BCUT2D eigenvalue weighted by Crippen LogP contribution is 2.27. The predicted molar refractivity (Wildman–Crippen MR) is 119 cm³/mol. The van der Waals surface area contributed by atoms with Crippen LogP contribution in [0.4, 0.5) is 0 Å². The summed E-state index contributed by atoms with van der Waals surface area (Å²) in [6, 6.07) is 8.97. The van der Waals surface area contributed by atoms with Crippen LogP contribution in [0.5, 0.6) is 0 Å². The lowest BCUT2D eigenvalue weighted by molar-refractivity contribution is -0.142. The van der Waals surface area contributed by atoms with Gasteiger partial charge in [0, 0.05) is 12.0 Å². The molecule has 0 aromatic heterocycles. The Morgan fingerprint density at radius 1 is 0.759 bits per heavy atom. The van der Waals surface area contributed by atoms with Crippen molar-refractivity contribution in [3.63, 3.8) is 0 Å². The summed E-state index contributed by atoms with van der Waals surface area (Å²) >= 11 is 0. The van der Waals surface area contributed by atoms with Gasteiger partial charge in [-0.25, -0.2) is 0 Å². The highest BCUT2D eigenvalue weighted by molar-refractivity contribution is 5.97. The van der Waals surface area contributed by atoms with Gasteiger partial charge in [-0.2, -0.15) is 0 Å². The first-order chi connectivity index (χ1) is 14.3. The molecule has 0 unspecified atom stereocenters. The van der Waals surface area contributed by atoms with Gasteiger partial charge in [-0.3, -0.25) is 9.59 Å². The van der Waals surface area contributed by atoms with Gasteiger partial charge in [0.1, 0.15) is 0 Å². The summed E-state index contributed by atoms with van der Waals surface area (Å²) in [6.07, 6.45) is 20.5. The van der Waals surface area contributed by atoms with Crippen molar-refractivity contribution in [1.29, 1.82) is 0 Å². The first-order valence-corrected chi connectivity index (χ1v) is 12.0. The van der Waals surface area contributed by atoms with Crippen molar-refractivity contribution < 1.29 is 14.3 Å². The maximum Gasteiger partial charge on any atom is 0.306 e. The largest absolute Gasteiger partial charge is 0.457 e. The number of Topliss-reactive ketones (excluding diaryl/α,β-unsaturated/α-hetero) is 1. The maximum absolute atomic E-state index is 11.9. The standard InChI is InChI=1S/C26H40O3/c27-25(24-19-13-9-14-20-24)22-29-26(28)21-15-6-4-2-1-3-5-10-16-23-17-11-7-8-12-18-23/h9,13-14,19-20,23H,1-8,10-12,15-18,21-22H2. The molecule has 0 amide bonds. The number of esters is 1. The fraction of sp³-hybridized carbons (Fsp3) is 0.692. The number of hydrogen-bond donors (Lipinski definition) is 0. The molecule has 3 nitrogen and oxygen atoms in total. The molecule has 0 N–H and O–H groups in total. The first kappa shape index (κ1) is 23.6. The van der Waals surface area contributed by atoms with E-state index < -0.39 is 0 Å². The van der Waals surface area contributed by atoms with E-state index in [4.69, 9.17) is 4.74 Å². The van der Waals surface area contributed by atoms with E-state index >= 15 is 0 Å². The summed E-state index contributed by atoms with van der Waals surface area (Å²) in [7, 11) is 0. The normalized spacial score (nSPS) is 15.0. The fourth-order valence-electron chi connectivity index (χ4n) is 4.34. The molecule has 0 spiro atoms. The van der Waals surface area contributed by atoms with Gasteiger partial charge in [0.25, 0.3) is 0 Å².